The predicted octanol–water partition coefficient (Wildman–Crippen LogP) is 6.41. The maximum absolute atomic E-state index is 13.8. The average Bonchev–Trinajstić information content (AvgIpc) is 2.90. The van der Waals surface area contributed by atoms with E-state index in [2.05, 4.69) is 27.1 Å². The fraction of sp³-hybridized carbons (Fsp3) is 0. The summed E-state index contributed by atoms with van der Waals surface area (Å²) in [5.74, 6) is -3.94. The predicted molar refractivity (Wildman–Crippen MR) is 127 cm³/mol. The largest absolute Gasteiger partial charge is 3.00 e. The van der Waals surface area contributed by atoms with Gasteiger partial charge < -0.3 is 30.2 Å². The van der Waals surface area contributed by atoms with Crippen LogP contribution in [0, 0.1) is 35.4 Å². The first-order valence-corrected chi connectivity index (χ1v) is 10.6. The van der Waals surface area contributed by atoms with Crippen molar-refractivity contribution in [3.05, 3.63) is 126 Å². The molecule has 5 aromatic rings. The van der Waals surface area contributed by atoms with Gasteiger partial charge in [-0.05, 0) is 35.7 Å². The van der Waals surface area contributed by atoms with Crippen molar-refractivity contribution in [2.45, 2.75) is 0 Å². The maximum atomic E-state index is 13.8. The molecule has 0 unspecified atom stereocenters. The number of rotatable bonds is 4. The van der Waals surface area contributed by atoms with Crippen LogP contribution in [0.5, 0.6) is 0 Å². The quantitative estimate of drug-likeness (QED) is 0.174. The van der Waals surface area contributed by atoms with Gasteiger partial charge in [-0.1, -0.05) is 53.6 Å². The third-order valence-electron chi connectivity index (χ3n) is 4.87. The zero-order chi connectivity index (χ0) is 26.4. The molecule has 0 bridgehead atoms. The minimum absolute atomic E-state index is 0. The summed E-state index contributed by atoms with van der Waals surface area (Å²) in [5.41, 5.74) is 1.52. The van der Waals surface area contributed by atoms with Crippen LogP contribution in [0.4, 0.5) is 17.6 Å². The van der Waals surface area contributed by atoms with Gasteiger partial charge in [0.15, 0.2) is 0 Å². The molecule has 1 N–H and O–H groups in total. The number of carbonyl (C=O) groups is 1. The second-order valence-electron chi connectivity index (χ2n) is 7.42. The Morgan fingerprint density at radius 3 is 1.76 bits per heavy atom. The van der Waals surface area contributed by atoms with Gasteiger partial charge in [-0.25, -0.2) is 9.78 Å². The number of hydrogen-bond acceptors (Lipinski definition) is 4. The summed E-state index contributed by atoms with van der Waals surface area (Å²) < 4.78 is 52.6. The van der Waals surface area contributed by atoms with Crippen molar-refractivity contribution >= 4 is 5.97 Å². The van der Waals surface area contributed by atoms with Gasteiger partial charge in [0.2, 0.25) is 0 Å². The van der Waals surface area contributed by atoms with Crippen LogP contribution in [0.25, 0.3) is 33.9 Å². The molecule has 5 rings (SSSR count). The Morgan fingerprint density at radius 1 is 0.684 bits per heavy atom. The Balaban J connectivity index is 0.000000229. The van der Waals surface area contributed by atoms with E-state index in [1.807, 2.05) is 0 Å². The molecule has 0 spiro atoms. The van der Waals surface area contributed by atoms with Gasteiger partial charge in [0, 0.05) is 29.5 Å². The number of carboxylic acids is 1. The molecular formula is C28H15F4IrN3O2-5. The monoisotopic (exact) mass is 694 g/mol. The molecule has 3 aromatic heterocycles. The summed E-state index contributed by atoms with van der Waals surface area (Å²) in [6.07, 6.45) is 1.55. The zero-order valence-corrected chi connectivity index (χ0v) is 21.5. The Labute approximate surface area is 228 Å². The van der Waals surface area contributed by atoms with Crippen LogP contribution in [0.1, 0.15) is 10.5 Å². The van der Waals surface area contributed by atoms with Gasteiger partial charge >= 0.3 is 5.97 Å². The number of halogens is 4. The molecule has 0 fully saturated rings. The molecule has 3 heterocycles. The van der Waals surface area contributed by atoms with Gasteiger partial charge in [0.1, 0.15) is 5.69 Å². The van der Waals surface area contributed by atoms with E-state index in [0.717, 1.165) is 24.3 Å². The van der Waals surface area contributed by atoms with Crippen LogP contribution in [-0.2, 0) is 20.1 Å². The second kappa shape index (κ2) is 12.8. The number of carboxylic acid groups (broad SMARTS) is 1. The first-order valence-electron chi connectivity index (χ1n) is 10.6. The molecule has 196 valence electrons. The molecule has 0 aliphatic rings. The van der Waals surface area contributed by atoms with Gasteiger partial charge in [-0.3, -0.25) is 22.5 Å². The number of nitrogens with zero attached hydrogens (tertiary/aromatic N) is 3. The molecule has 10 heteroatoms. The molecule has 0 amide bonds. The van der Waals surface area contributed by atoms with Crippen molar-refractivity contribution in [2.75, 3.05) is 0 Å². The molecule has 5 nitrogen and oxygen atoms in total. The van der Waals surface area contributed by atoms with E-state index in [1.54, 1.807) is 54.7 Å². The van der Waals surface area contributed by atoms with E-state index < -0.39 is 29.2 Å². The Kier molecular flexibility index (Phi) is 9.54. The molecule has 0 saturated heterocycles. The van der Waals surface area contributed by atoms with E-state index in [9.17, 15) is 22.4 Å². The van der Waals surface area contributed by atoms with Gasteiger partial charge in [0.25, 0.3) is 0 Å². The first kappa shape index (κ1) is 28.3. The number of aromatic carboxylic acids is 1. The summed E-state index contributed by atoms with van der Waals surface area (Å²) >= 11 is 0. The Bertz CT molecular complexity index is 1570. The number of hydrogen-bond donors (Lipinski definition) is 1. The Hall–Kier alpha value is -4.27. The van der Waals surface area contributed by atoms with E-state index in [4.69, 9.17) is 5.11 Å². The topological polar surface area (TPSA) is 76.0 Å². The summed E-state index contributed by atoms with van der Waals surface area (Å²) in [7, 11) is 0. The summed E-state index contributed by atoms with van der Waals surface area (Å²) in [5, 5.41) is 8.98. The standard InChI is InChI=1S/C17H9F2N2O2.C11H6F2N.Ir/c18-10-7-8-11(12(19)9-10)13-3-1-4-14(20-13)15-5-2-6-16(21-15)17(22)23;12-8-4-5-9(10(13)7-8)11-3-1-2-6-14-11;/h1-7,9H,(H,22,23);1-4,6-7H;/q2*-1;-3. The molecule has 2 aromatic carbocycles. The van der Waals surface area contributed by atoms with Crippen molar-refractivity contribution < 1.29 is 47.6 Å². The second-order valence-corrected chi connectivity index (χ2v) is 7.42. The molecule has 0 radical (unpaired) electrons. The molecular weight excluding hydrogens is 679 g/mol. The number of pyridine rings is 3. The average molecular weight is 694 g/mol. The van der Waals surface area contributed by atoms with E-state index >= 15 is 0 Å². The molecule has 0 saturated carbocycles. The molecule has 0 aliphatic carbocycles. The van der Waals surface area contributed by atoms with Crippen molar-refractivity contribution in [1.82, 2.24) is 15.0 Å². The van der Waals surface area contributed by atoms with Crippen LogP contribution >= 0.6 is 0 Å². The van der Waals surface area contributed by atoms with E-state index in [0.29, 0.717) is 17.1 Å². The Morgan fingerprint density at radius 2 is 1.21 bits per heavy atom. The van der Waals surface area contributed by atoms with Crippen LogP contribution in [-0.4, -0.2) is 26.0 Å². The zero-order valence-electron chi connectivity index (χ0n) is 19.1. The maximum Gasteiger partial charge on any atom is 0.354 e. The van der Waals surface area contributed by atoms with Crippen molar-refractivity contribution in [3.8, 4) is 33.9 Å². The van der Waals surface area contributed by atoms with Gasteiger partial charge in [-0.15, -0.1) is 24.3 Å². The smallest absolute Gasteiger partial charge is 0.354 e. The number of benzene rings is 2. The molecule has 0 aliphatic heterocycles. The van der Waals surface area contributed by atoms with Gasteiger partial charge in [0.05, 0.1) is 11.4 Å². The summed E-state index contributed by atoms with van der Waals surface area (Å²) in [6.45, 7) is 0. The van der Waals surface area contributed by atoms with Crippen LogP contribution in [0.3, 0.4) is 0 Å². The minimum Gasteiger partial charge on any atom is -3.00 e. The molecule has 38 heavy (non-hydrogen) atoms. The third kappa shape index (κ3) is 6.94. The summed E-state index contributed by atoms with van der Waals surface area (Å²) in [6, 6.07) is 23.1. The van der Waals surface area contributed by atoms with Crippen molar-refractivity contribution in [2.24, 2.45) is 0 Å². The third-order valence-corrected chi connectivity index (χ3v) is 4.87. The SMILES string of the molecule is Fc1c[c-]c(-c2ccccn2)c(F)c1.O=C(O)c1cccc(-c2cccc(-c3[c-]cc(F)cc3F)n2)n1.[Ir-3]. The fourth-order valence-corrected chi connectivity index (χ4v) is 3.21. The van der Waals surface area contributed by atoms with Crippen molar-refractivity contribution in [1.29, 1.82) is 0 Å². The van der Waals surface area contributed by atoms with Crippen LogP contribution < -0.4 is 0 Å². The molecule has 0 atom stereocenters. The minimum atomic E-state index is -1.15. The summed E-state index contributed by atoms with van der Waals surface area (Å²) in [4.78, 5) is 23.2. The van der Waals surface area contributed by atoms with Crippen LogP contribution in [0.2, 0.25) is 0 Å². The fourth-order valence-electron chi connectivity index (χ4n) is 3.21. The first-order chi connectivity index (χ1) is 17.8. The number of aromatic nitrogens is 3. The normalized spacial score (nSPS) is 10.1. The van der Waals surface area contributed by atoms with E-state index in [-0.39, 0.29) is 42.6 Å². The van der Waals surface area contributed by atoms with Crippen molar-refractivity contribution in [3.63, 3.8) is 0 Å². The van der Waals surface area contributed by atoms with E-state index in [1.165, 1.54) is 6.07 Å². The van der Waals surface area contributed by atoms with Crippen LogP contribution in [0.15, 0.2) is 85.1 Å². The van der Waals surface area contributed by atoms with Gasteiger partial charge in [-0.2, -0.15) is 0 Å².